The summed E-state index contributed by atoms with van der Waals surface area (Å²) in [6, 6.07) is 1.54. The second-order valence-electron chi connectivity index (χ2n) is 12.2. The van der Waals surface area contributed by atoms with Crippen LogP contribution in [-0.2, 0) is 4.43 Å². The van der Waals surface area contributed by atoms with E-state index in [9.17, 15) is 0 Å². The lowest BCUT2D eigenvalue weighted by molar-refractivity contribution is 0.179. The Balaban J connectivity index is 2.80. The zero-order valence-electron chi connectivity index (χ0n) is 20.4. The van der Waals surface area contributed by atoms with Gasteiger partial charge in [0, 0.05) is 6.10 Å². The van der Waals surface area contributed by atoms with Crippen LogP contribution in [0.15, 0.2) is 0 Å². The fourth-order valence-corrected chi connectivity index (χ4v) is 20.6. The molecule has 0 saturated carbocycles. The maximum Gasteiger partial charge on any atom is 0.200 e. The lowest BCUT2D eigenvalue weighted by Crippen LogP contribution is -2.49. The van der Waals surface area contributed by atoms with Crippen LogP contribution in [0.5, 0.6) is 0 Å². The second-order valence-corrected chi connectivity index (χ2v) is 23.8. The molecule has 3 heteroatoms. The van der Waals surface area contributed by atoms with Gasteiger partial charge in [0.15, 0.2) is 0 Å². The molecular formula is C23H50OSi2. The van der Waals surface area contributed by atoms with E-state index in [4.69, 9.17) is 4.43 Å². The topological polar surface area (TPSA) is 9.23 Å². The minimum absolute atomic E-state index is 0.418. The van der Waals surface area contributed by atoms with Crippen molar-refractivity contribution < 1.29 is 4.43 Å². The van der Waals surface area contributed by atoms with Gasteiger partial charge in [-0.25, -0.2) is 0 Å². The van der Waals surface area contributed by atoms with Crippen molar-refractivity contribution in [3.63, 3.8) is 0 Å². The van der Waals surface area contributed by atoms with E-state index in [2.05, 4.69) is 90.0 Å². The molecule has 0 aromatic carbocycles. The molecule has 1 aliphatic heterocycles. The average Bonchev–Trinajstić information content (AvgIpc) is 3.16. The summed E-state index contributed by atoms with van der Waals surface area (Å²) in [5.41, 5.74) is 3.05. The van der Waals surface area contributed by atoms with Crippen LogP contribution in [0.3, 0.4) is 0 Å². The first-order chi connectivity index (χ1) is 11.5. The van der Waals surface area contributed by atoms with Crippen molar-refractivity contribution in [1.29, 1.82) is 0 Å². The van der Waals surface area contributed by atoms with E-state index in [0.717, 1.165) is 5.54 Å². The Morgan fingerprint density at radius 1 is 0.808 bits per heavy atom. The Hall–Kier alpha value is 0.394. The van der Waals surface area contributed by atoms with Gasteiger partial charge in [0.1, 0.15) is 0 Å². The molecule has 1 rings (SSSR count). The minimum atomic E-state index is -1.74. The van der Waals surface area contributed by atoms with Gasteiger partial charge >= 0.3 is 0 Å². The summed E-state index contributed by atoms with van der Waals surface area (Å²) in [5, 5.41) is 1.04. The largest absolute Gasteiger partial charge is 0.413 e. The molecule has 0 N–H and O–H groups in total. The monoisotopic (exact) mass is 398 g/mol. The fraction of sp³-hybridized carbons (Fsp3) is 1.00. The van der Waals surface area contributed by atoms with Gasteiger partial charge in [0.2, 0.25) is 8.32 Å². The Kier molecular flexibility index (Phi) is 7.54. The van der Waals surface area contributed by atoms with Crippen molar-refractivity contribution in [2.75, 3.05) is 0 Å². The van der Waals surface area contributed by atoms with Gasteiger partial charge in [-0.15, -0.1) is 0 Å². The molecule has 156 valence electrons. The molecule has 1 heterocycles. The Morgan fingerprint density at radius 2 is 1.19 bits per heavy atom. The third kappa shape index (κ3) is 4.35. The minimum Gasteiger partial charge on any atom is -0.413 e. The first kappa shape index (κ1) is 24.4. The summed E-state index contributed by atoms with van der Waals surface area (Å²) in [6.07, 6.45) is 3.06. The summed E-state index contributed by atoms with van der Waals surface area (Å²) >= 11 is 0. The molecule has 0 bridgehead atoms. The lowest BCUT2D eigenvalue weighted by atomic mass is 10.2. The van der Waals surface area contributed by atoms with Crippen molar-refractivity contribution in [2.45, 2.75) is 147 Å². The summed E-state index contributed by atoms with van der Waals surface area (Å²) in [4.78, 5) is 0. The van der Waals surface area contributed by atoms with Crippen LogP contribution in [-0.4, -0.2) is 22.5 Å². The molecule has 0 amide bonds. The number of rotatable bonds is 8. The van der Waals surface area contributed by atoms with Crippen molar-refractivity contribution in [1.82, 2.24) is 0 Å². The van der Waals surface area contributed by atoms with Gasteiger partial charge in [0.25, 0.3) is 0 Å². The van der Waals surface area contributed by atoms with Crippen molar-refractivity contribution in [3.05, 3.63) is 0 Å². The van der Waals surface area contributed by atoms with Gasteiger partial charge in [-0.3, -0.25) is 0 Å². The Bertz CT molecular complexity index is 418. The van der Waals surface area contributed by atoms with Crippen LogP contribution in [0.4, 0.5) is 0 Å². The average molecular weight is 399 g/mol. The standard InChI is InChI=1S/C23H50OSi2/c1-17(2)26(18(3)4,19(5)6)24-20(7)14-15-21-16-25(21,22(8,9)10)23(11,12)13/h17-21H,14-16H2,1-13H3/t20-,21+/m0/s1. The van der Waals surface area contributed by atoms with E-state index < -0.39 is 16.4 Å². The quantitative estimate of drug-likeness (QED) is 0.371. The second kappa shape index (κ2) is 8.02. The molecule has 0 aliphatic carbocycles. The lowest BCUT2D eigenvalue weighted by Gasteiger charge is -2.44. The van der Waals surface area contributed by atoms with Crippen LogP contribution in [0.2, 0.25) is 38.3 Å². The normalized spacial score (nSPS) is 22.4. The van der Waals surface area contributed by atoms with Gasteiger partial charge in [0.05, 0.1) is 8.07 Å². The summed E-state index contributed by atoms with van der Waals surface area (Å²) in [6.45, 7) is 31.8. The third-order valence-electron chi connectivity index (χ3n) is 7.82. The summed E-state index contributed by atoms with van der Waals surface area (Å²) in [5.74, 6) is 0. The smallest absolute Gasteiger partial charge is 0.200 e. The highest BCUT2D eigenvalue weighted by Crippen LogP contribution is 2.73. The van der Waals surface area contributed by atoms with Crippen LogP contribution < -0.4 is 0 Å². The van der Waals surface area contributed by atoms with E-state index in [1.54, 1.807) is 0 Å². The predicted molar refractivity (Wildman–Crippen MR) is 125 cm³/mol. The van der Waals surface area contributed by atoms with E-state index in [-0.39, 0.29) is 0 Å². The highest BCUT2D eigenvalue weighted by Gasteiger charge is 2.67. The molecule has 0 unspecified atom stereocenters. The molecule has 0 radical (unpaired) electrons. The molecule has 1 fully saturated rings. The molecule has 0 spiro atoms. The SMILES string of the molecule is CC(C)[Si](O[C@@H](C)CC[C@@H]1C[Si]1(C(C)(C)C)C(C)(C)C)(C(C)C)C(C)C. The van der Waals surface area contributed by atoms with Gasteiger partial charge in [-0.05, 0) is 45.6 Å². The van der Waals surface area contributed by atoms with E-state index in [1.165, 1.54) is 18.9 Å². The predicted octanol–water partition coefficient (Wildman–Crippen LogP) is 8.78. The number of hydrogen-bond acceptors (Lipinski definition) is 1. The van der Waals surface area contributed by atoms with E-state index in [1.807, 2.05) is 0 Å². The van der Waals surface area contributed by atoms with Gasteiger partial charge < -0.3 is 4.43 Å². The Labute approximate surface area is 168 Å². The number of hydrogen-bond donors (Lipinski definition) is 0. The van der Waals surface area contributed by atoms with Crippen molar-refractivity contribution in [2.24, 2.45) is 0 Å². The maximum absolute atomic E-state index is 6.99. The maximum atomic E-state index is 6.99. The molecule has 0 aromatic rings. The van der Waals surface area contributed by atoms with Gasteiger partial charge in [-0.1, -0.05) is 95.5 Å². The fourth-order valence-electron chi connectivity index (χ4n) is 6.89. The molecular weight excluding hydrogens is 348 g/mol. The van der Waals surface area contributed by atoms with E-state index >= 15 is 0 Å². The van der Waals surface area contributed by atoms with Crippen LogP contribution in [0.25, 0.3) is 0 Å². The highest BCUT2D eigenvalue weighted by molar-refractivity contribution is 6.95. The summed E-state index contributed by atoms with van der Waals surface area (Å²) in [7, 11) is -2.96. The molecule has 26 heavy (non-hydrogen) atoms. The van der Waals surface area contributed by atoms with Crippen LogP contribution in [0.1, 0.15) is 103 Å². The molecule has 0 aromatic heterocycles. The van der Waals surface area contributed by atoms with Crippen LogP contribution >= 0.6 is 0 Å². The molecule has 1 saturated heterocycles. The zero-order valence-corrected chi connectivity index (χ0v) is 22.4. The first-order valence-corrected chi connectivity index (χ1v) is 15.6. The van der Waals surface area contributed by atoms with Crippen molar-refractivity contribution in [3.8, 4) is 0 Å². The third-order valence-corrected chi connectivity index (χ3v) is 21.9. The van der Waals surface area contributed by atoms with Gasteiger partial charge in [-0.2, -0.15) is 0 Å². The molecule has 1 aliphatic rings. The molecule has 1 nitrogen and oxygen atoms in total. The highest BCUT2D eigenvalue weighted by atomic mass is 28.4. The summed E-state index contributed by atoms with van der Waals surface area (Å²) < 4.78 is 6.99. The van der Waals surface area contributed by atoms with E-state index in [0.29, 0.717) is 32.8 Å². The van der Waals surface area contributed by atoms with Crippen LogP contribution in [0, 0.1) is 0 Å². The Morgan fingerprint density at radius 3 is 1.46 bits per heavy atom. The zero-order chi connectivity index (χ0) is 20.7. The molecule has 2 atom stereocenters. The van der Waals surface area contributed by atoms with Crippen molar-refractivity contribution >= 4 is 16.4 Å². The first-order valence-electron chi connectivity index (χ1n) is 11.2.